The van der Waals surface area contributed by atoms with Gasteiger partial charge in [0.25, 0.3) is 0 Å². The van der Waals surface area contributed by atoms with Crippen molar-refractivity contribution in [2.24, 2.45) is 0 Å². The lowest BCUT2D eigenvalue weighted by Gasteiger charge is -2.11. The molecule has 0 spiro atoms. The second-order valence-electron chi connectivity index (χ2n) is 5.71. The number of rotatable bonds is 7. The maximum atomic E-state index is 12.6. The van der Waals surface area contributed by atoms with Crippen molar-refractivity contribution in [2.75, 3.05) is 13.7 Å². The predicted molar refractivity (Wildman–Crippen MR) is 96.1 cm³/mol. The van der Waals surface area contributed by atoms with Crippen LogP contribution in [0.1, 0.15) is 36.6 Å². The number of allylic oxidation sites excluding steroid dienone is 1. The topological polar surface area (TPSA) is 55.1 Å². The molecule has 1 heterocycles. The van der Waals surface area contributed by atoms with Crippen LogP contribution < -0.4 is 9.47 Å². The van der Waals surface area contributed by atoms with Crippen LogP contribution in [0.15, 0.2) is 36.5 Å². The summed E-state index contributed by atoms with van der Waals surface area (Å²) in [6.45, 7) is 2.58. The van der Waals surface area contributed by atoms with Gasteiger partial charge in [-0.05, 0) is 42.3 Å². The van der Waals surface area contributed by atoms with Crippen LogP contribution in [0.25, 0.3) is 11.6 Å². The Hall–Kier alpha value is -3.01. The molecule has 1 aromatic heterocycles. The van der Waals surface area contributed by atoms with Gasteiger partial charge in [0.1, 0.15) is 6.07 Å². The lowest BCUT2D eigenvalue weighted by Crippen LogP contribution is -2.05. The average Bonchev–Trinajstić information content (AvgIpc) is 2.66. The normalized spacial score (nSPS) is 11.8. The van der Waals surface area contributed by atoms with E-state index in [2.05, 4.69) is 11.9 Å². The molecule has 0 aliphatic rings. The third kappa shape index (κ3) is 5.48. The summed E-state index contributed by atoms with van der Waals surface area (Å²) in [4.78, 5) is 3.76. The molecule has 142 valence electrons. The zero-order chi connectivity index (χ0) is 19.9. The number of benzene rings is 1. The maximum absolute atomic E-state index is 12.6. The first-order valence-electron chi connectivity index (χ1n) is 8.35. The molecule has 7 heteroatoms. The van der Waals surface area contributed by atoms with Crippen LogP contribution in [0.2, 0.25) is 0 Å². The number of nitriles is 1. The zero-order valence-corrected chi connectivity index (χ0v) is 15.0. The highest BCUT2D eigenvalue weighted by molar-refractivity contribution is 5.88. The molecule has 27 heavy (non-hydrogen) atoms. The molecule has 0 saturated carbocycles. The first-order valence-corrected chi connectivity index (χ1v) is 8.35. The van der Waals surface area contributed by atoms with Crippen LogP contribution >= 0.6 is 0 Å². The van der Waals surface area contributed by atoms with Gasteiger partial charge in [-0.1, -0.05) is 19.4 Å². The highest BCUT2D eigenvalue weighted by Crippen LogP contribution is 2.31. The van der Waals surface area contributed by atoms with Crippen molar-refractivity contribution in [3.63, 3.8) is 0 Å². The number of aromatic nitrogens is 1. The number of methoxy groups -OCH3 is 1. The molecule has 2 rings (SSSR count). The van der Waals surface area contributed by atoms with Crippen LogP contribution in [-0.2, 0) is 6.18 Å². The summed E-state index contributed by atoms with van der Waals surface area (Å²) in [5, 5.41) is 9.38. The Morgan fingerprint density at radius 2 is 2.00 bits per heavy atom. The van der Waals surface area contributed by atoms with E-state index in [-0.39, 0.29) is 11.3 Å². The summed E-state index contributed by atoms with van der Waals surface area (Å²) in [6.07, 6.45) is -0.333. The highest BCUT2D eigenvalue weighted by atomic mass is 19.4. The van der Waals surface area contributed by atoms with E-state index in [1.54, 1.807) is 24.3 Å². The average molecular weight is 376 g/mol. The lowest BCUT2D eigenvalue weighted by atomic mass is 10.1. The summed E-state index contributed by atoms with van der Waals surface area (Å²) in [5.41, 5.74) is 0.100. The summed E-state index contributed by atoms with van der Waals surface area (Å²) in [7, 11) is 1.53. The second kappa shape index (κ2) is 9.08. The number of hydrogen-bond donors (Lipinski definition) is 0. The fourth-order valence-electron chi connectivity index (χ4n) is 2.27. The first-order chi connectivity index (χ1) is 12.9. The molecule has 0 saturated heterocycles. The van der Waals surface area contributed by atoms with E-state index in [1.165, 1.54) is 13.2 Å². The number of pyridine rings is 1. The van der Waals surface area contributed by atoms with Gasteiger partial charge in [-0.2, -0.15) is 18.4 Å². The van der Waals surface area contributed by atoms with Gasteiger partial charge >= 0.3 is 6.18 Å². The molecule has 2 aromatic rings. The number of halogens is 3. The van der Waals surface area contributed by atoms with E-state index in [0.29, 0.717) is 29.9 Å². The molecular formula is C20H19F3N2O2. The fraction of sp³-hybridized carbons (Fsp3) is 0.300. The monoisotopic (exact) mass is 376 g/mol. The molecule has 0 N–H and O–H groups in total. The van der Waals surface area contributed by atoms with Crippen molar-refractivity contribution in [1.29, 1.82) is 5.26 Å². The smallest absolute Gasteiger partial charge is 0.417 e. The molecule has 1 aromatic carbocycles. The van der Waals surface area contributed by atoms with Gasteiger partial charge in [-0.15, -0.1) is 0 Å². The van der Waals surface area contributed by atoms with Gasteiger partial charge < -0.3 is 9.47 Å². The Kier molecular flexibility index (Phi) is 6.83. The van der Waals surface area contributed by atoms with Gasteiger partial charge in [-0.3, -0.25) is 4.98 Å². The Morgan fingerprint density at radius 3 is 2.56 bits per heavy atom. The predicted octanol–water partition coefficient (Wildman–Crippen LogP) is 5.35. The largest absolute Gasteiger partial charge is 0.493 e. The first kappa shape index (κ1) is 20.3. The molecule has 0 radical (unpaired) electrons. The molecule has 0 atom stereocenters. The summed E-state index contributed by atoms with van der Waals surface area (Å²) >= 11 is 0. The standard InChI is InChI=1S/C20H19F3N2O2/c1-3-4-9-27-19-11-14(5-8-18(19)26-2)10-15(12-24)17-7-6-16(13-25-17)20(21,22)23/h5-8,10-11,13H,3-4,9H2,1-2H3/b15-10+. The van der Waals surface area contributed by atoms with Crippen LogP contribution in [0.5, 0.6) is 11.5 Å². The summed E-state index contributed by atoms with van der Waals surface area (Å²) in [6, 6.07) is 9.21. The van der Waals surface area contributed by atoms with E-state index in [0.717, 1.165) is 18.9 Å². The van der Waals surface area contributed by atoms with Gasteiger partial charge in [0.2, 0.25) is 0 Å². The lowest BCUT2D eigenvalue weighted by molar-refractivity contribution is -0.137. The van der Waals surface area contributed by atoms with E-state index in [4.69, 9.17) is 9.47 Å². The van der Waals surface area contributed by atoms with Crippen LogP contribution in [0.4, 0.5) is 13.2 Å². The van der Waals surface area contributed by atoms with Crippen molar-refractivity contribution < 1.29 is 22.6 Å². The highest BCUT2D eigenvalue weighted by Gasteiger charge is 2.30. The van der Waals surface area contributed by atoms with Gasteiger partial charge in [0.05, 0.1) is 30.5 Å². The van der Waals surface area contributed by atoms with Crippen molar-refractivity contribution in [1.82, 2.24) is 4.98 Å². The minimum Gasteiger partial charge on any atom is -0.493 e. The molecule has 0 aliphatic carbocycles. The quantitative estimate of drug-likeness (QED) is 0.483. The molecule has 4 nitrogen and oxygen atoms in total. The minimum atomic E-state index is -4.47. The Morgan fingerprint density at radius 1 is 1.22 bits per heavy atom. The van der Waals surface area contributed by atoms with E-state index < -0.39 is 11.7 Å². The Labute approximate surface area is 155 Å². The molecule has 0 amide bonds. The second-order valence-corrected chi connectivity index (χ2v) is 5.71. The number of hydrogen-bond acceptors (Lipinski definition) is 4. The number of ether oxygens (including phenoxy) is 2. The van der Waals surface area contributed by atoms with Gasteiger partial charge in [-0.25, -0.2) is 0 Å². The van der Waals surface area contributed by atoms with Gasteiger partial charge in [0.15, 0.2) is 11.5 Å². The Balaban J connectivity index is 2.31. The maximum Gasteiger partial charge on any atom is 0.417 e. The van der Waals surface area contributed by atoms with E-state index in [1.807, 2.05) is 6.07 Å². The molecule has 0 bridgehead atoms. The van der Waals surface area contributed by atoms with Crippen LogP contribution in [0.3, 0.4) is 0 Å². The Bertz CT molecular complexity index is 838. The van der Waals surface area contributed by atoms with Gasteiger partial charge in [0, 0.05) is 6.20 Å². The SMILES string of the molecule is CCCCOc1cc(/C=C(\C#N)c2ccc(C(F)(F)F)cn2)ccc1OC. The van der Waals surface area contributed by atoms with Crippen molar-refractivity contribution in [2.45, 2.75) is 25.9 Å². The molecule has 0 unspecified atom stereocenters. The van der Waals surface area contributed by atoms with Crippen LogP contribution in [0, 0.1) is 11.3 Å². The van der Waals surface area contributed by atoms with E-state index >= 15 is 0 Å². The third-order valence-electron chi connectivity index (χ3n) is 3.74. The third-order valence-corrected chi connectivity index (χ3v) is 3.74. The molecule has 0 aliphatic heterocycles. The van der Waals surface area contributed by atoms with Crippen LogP contribution in [-0.4, -0.2) is 18.7 Å². The summed E-state index contributed by atoms with van der Waals surface area (Å²) < 4.78 is 48.9. The number of unbranched alkanes of at least 4 members (excludes halogenated alkanes) is 1. The summed E-state index contributed by atoms with van der Waals surface area (Å²) in [5.74, 6) is 1.10. The van der Waals surface area contributed by atoms with Crippen molar-refractivity contribution >= 4 is 11.6 Å². The van der Waals surface area contributed by atoms with Crippen molar-refractivity contribution in [3.05, 3.63) is 53.3 Å². The fourth-order valence-corrected chi connectivity index (χ4v) is 2.27. The van der Waals surface area contributed by atoms with E-state index in [9.17, 15) is 18.4 Å². The molecular weight excluding hydrogens is 357 g/mol. The minimum absolute atomic E-state index is 0.147. The number of nitrogens with zero attached hydrogens (tertiary/aromatic N) is 2. The molecule has 0 fully saturated rings. The zero-order valence-electron chi connectivity index (χ0n) is 15.0. The van der Waals surface area contributed by atoms with Crippen molar-refractivity contribution in [3.8, 4) is 17.6 Å². The number of alkyl halides is 3.